The zero-order chi connectivity index (χ0) is 14.5. The van der Waals surface area contributed by atoms with Crippen molar-refractivity contribution >= 4 is 5.97 Å². The Morgan fingerprint density at radius 2 is 2.25 bits per heavy atom. The van der Waals surface area contributed by atoms with Crippen LogP contribution in [0.15, 0.2) is 22.7 Å². The molecule has 2 aromatic rings. The van der Waals surface area contributed by atoms with Crippen LogP contribution in [0.3, 0.4) is 0 Å². The van der Waals surface area contributed by atoms with Crippen molar-refractivity contribution in [1.29, 1.82) is 5.26 Å². The third kappa shape index (κ3) is 2.65. The number of ether oxygens (including phenoxy) is 2. The van der Waals surface area contributed by atoms with Gasteiger partial charge in [-0.25, -0.2) is 14.8 Å². The van der Waals surface area contributed by atoms with Gasteiger partial charge in [-0.3, -0.25) is 0 Å². The highest BCUT2D eigenvalue weighted by molar-refractivity contribution is 5.87. The summed E-state index contributed by atoms with van der Waals surface area (Å²) in [5, 5.41) is 8.72. The zero-order valence-corrected chi connectivity index (χ0v) is 10.9. The molecule has 0 atom stereocenters. The molecule has 0 bridgehead atoms. The number of pyridine rings is 1. The maximum absolute atomic E-state index is 11.6. The summed E-state index contributed by atoms with van der Waals surface area (Å²) in [4.78, 5) is 19.8. The van der Waals surface area contributed by atoms with Gasteiger partial charge in [0.25, 0.3) is 0 Å². The summed E-state index contributed by atoms with van der Waals surface area (Å²) >= 11 is 0. The van der Waals surface area contributed by atoms with Crippen LogP contribution in [-0.4, -0.2) is 30.2 Å². The van der Waals surface area contributed by atoms with Crippen LogP contribution in [0.25, 0.3) is 11.6 Å². The molecule has 7 heteroatoms. The van der Waals surface area contributed by atoms with Crippen LogP contribution in [0, 0.1) is 11.3 Å². The summed E-state index contributed by atoms with van der Waals surface area (Å²) in [6, 6.07) is 5.13. The molecule has 0 saturated carbocycles. The molecule has 0 radical (unpaired) electrons. The number of hydrogen-bond acceptors (Lipinski definition) is 7. The van der Waals surface area contributed by atoms with E-state index in [2.05, 4.69) is 14.7 Å². The molecule has 2 heterocycles. The van der Waals surface area contributed by atoms with Crippen LogP contribution in [0.5, 0.6) is 0 Å². The molecular formula is C13H11N3O4. The Labute approximate surface area is 114 Å². The fourth-order valence-electron chi connectivity index (χ4n) is 1.53. The average molecular weight is 273 g/mol. The normalized spacial score (nSPS) is 10.1. The van der Waals surface area contributed by atoms with E-state index in [1.54, 1.807) is 12.1 Å². The molecule has 0 amide bonds. The SMILES string of the molecule is COCc1nc(-c2ccc(C#N)cn2)oc1C(=O)OC. The van der Waals surface area contributed by atoms with E-state index in [-0.39, 0.29) is 18.3 Å². The molecule has 20 heavy (non-hydrogen) atoms. The monoisotopic (exact) mass is 273 g/mol. The largest absolute Gasteiger partial charge is 0.463 e. The quantitative estimate of drug-likeness (QED) is 0.779. The first-order valence-electron chi connectivity index (χ1n) is 5.63. The number of methoxy groups -OCH3 is 2. The minimum atomic E-state index is -0.635. The predicted molar refractivity (Wildman–Crippen MR) is 66.5 cm³/mol. The first-order chi connectivity index (χ1) is 9.69. The average Bonchev–Trinajstić information content (AvgIpc) is 2.91. The Morgan fingerprint density at radius 3 is 2.80 bits per heavy atom. The van der Waals surface area contributed by atoms with Gasteiger partial charge < -0.3 is 13.9 Å². The van der Waals surface area contributed by atoms with Gasteiger partial charge in [-0.05, 0) is 12.1 Å². The van der Waals surface area contributed by atoms with E-state index in [1.165, 1.54) is 20.4 Å². The van der Waals surface area contributed by atoms with Gasteiger partial charge in [-0.1, -0.05) is 0 Å². The highest BCUT2D eigenvalue weighted by Gasteiger charge is 2.22. The number of oxazole rings is 1. The standard InChI is InChI=1S/C13H11N3O4/c1-18-7-10-11(13(17)19-2)20-12(16-10)9-4-3-8(5-14)6-15-9/h3-4,6H,7H2,1-2H3. The molecule has 0 fully saturated rings. The summed E-state index contributed by atoms with van der Waals surface area (Å²) < 4.78 is 14.9. The summed E-state index contributed by atoms with van der Waals surface area (Å²) in [7, 11) is 2.73. The van der Waals surface area contributed by atoms with E-state index in [0.717, 1.165) is 0 Å². The number of hydrogen-bond donors (Lipinski definition) is 0. The lowest BCUT2D eigenvalue weighted by molar-refractivity contribution is 0.0559. The number of carbonyl (C=O) groups is 1. The second-order valence-corrected chi connectivity index (χ2v) is 3.76. The molecule has 7 nitrogen and oxygen atoms in total. The van der Waals surface area contributed by atoms with Crippen LogP contribution in [0.2, 0.25) is 0 Å². The Bertz CT molecular complexity index is 655. The van der Waals surface area contributed by atoms with Gasteiger partial charge in [0.15, 0.2) is 0 Å². The summed E-state index contributed by atoms with van der Waals surface area (Å²) in [6.07, 6.45) is 1.40. The zero-order valence-electron chi connectivity index (χ0n) is 10.9. The molecule has 2 aromatic heterocycles. The van der Waals surface area contributed by atoms with Gasteiger partial charge in [0.1, 0.15) is 17.5 Å². The van der Waals surface area contributed by atoms with Gasteiger partial charge in [0.05, 0.1) is 19.3 Å². The number of nitriles is 1. The van der Waals surface area contributed by atoms with E-state index >= 15 is 0 Å². The second kappa shape index (κ2) is 5.95. The van der Waals surface area contributed by atoms with Crippen molar-refractivity contribution < 1.29 is 18.7 Å². The number of rotatable bonds is 4. The lowest BCUT2D eigenvalue weighted by atomic mass is 10.3. The van der Waals surface area contributed by atoms with Crippen molar-refractivity contribution in [2.75, 3.05) is 14.2 Å². The maximum Gasteiger partial charge on any atom is 0.376 e. The number of aromatic nitrogens is 2. The first-order valence-corrected chi connectivity index (χ1v) is 5.63. The molecule has 0 unspecified atom stereocenters. The van der Waals surface area contributed by atoms with E-state index in [9.17, 15) is 4.79 Å². The first kappa shape index (κ1) is 13.7. The van der Waals surface area contributed by atoms with Crippen LogP contribution < -0.4 is 0 Å². The fraction of sp³-hybridized carbons (Fsp3) is 0.231. The van der Waals surface area contributed by atoms with Gasteiger partial charge in [0, 0.05) is 13.3 Å². The van der Waals surface area contributed by atoms with E-state index in [1.807, 2.05) is 6.07 Å². The van der Waals surface area contributed by atoms with E-state index < -0.39 is 5.97 Å². The molecule has 102 valence electrons. The maximum atomic E-state index is 11.6. The number of carbonyl (C=O) groups excluding carboxylic acids is 1. The van der Waals surface area contributed by atoms with Gasteiger partial charge in [-0.2, -0.15) is 5.26 Å². The highest BCUT2D eigenvalue weighted by Crippen LogP contribution is 2.21. The van der Waals surface area contributed by atoms with Crippen LogP contribution in [0.4, 0.5) is 0 Å². The van der Waals surface area contributed by atoms with Crippen molar-refractivity contribution in [3.05, 3.63) is 35.3 Å². The molecular weight excluding hydrogens is 262 g/mol. The van der Waals surface area contributed by atoms with Crippen molar-refractivity contribution in [3.63, 3.8) is 0 Å². The van der Waals surface area contributed by atoms with Crippen molar-refractivity contribution in [2.45, 2.75) is 6.61 Å². The van der Waals surface area contributed by atoms with Crippen LogP contribution >= 0.6 is 0 Å². The van der Waals surface area contributed by atoms with Gasteiger partial charge in [-0.15, -0.1) is 0 Å². The minimum absolute atomic E-state index is 0.0180. The predicted octanol–water partition coefficient (Wildman–Crippen LogP) is 1.54. The molecule has 2 rings (SSSR count). The molecule has 0 spiro atoms. The smallest absolute Gasteiger partial charge is 0.376 e. The molecule has 0 aliphatic heterocycles. The third-order valence-corrected chi connectivity index (χ3v) is 2.46. The molecule has 0 aliphatic carbocycles. The van der Waals surface area contributed by atoms with Crippen molar-refractivity contribution in [2.24, 2.45) is 0 Å². The number of nitrogens with zero attached hydrogens (tertiary/aromatic N) is 3. The Balaban J connectivity index is 2.41. The Morgan fingerprint density at radius 1 is 1.45 bits per heavy atom. The van der Waals surface area contributed by atoms with Crippen molar-refractivity contribution in [1.82, 2.24) is 9.97 Å². The number of esters is 1. The van der Waals surface area contributed by atoms with Gasteiger partial charge >= 0.3 is 5.97 Å². The van der Waals surface area contributed by atoms with Gasteiger partial charge in [0.2, 0.25) is 11.7 Å². The second-order valence-electron chi connectivity index (χ2n) is 3.76. The highest BCUT2D eigenvalue weighted by atomic mass is 16.5. The topological polar surface area (TPSA) is 98.2 Å². The summed E-state index contributed by atoms with van der Waals surface area (Å²) in [5.74, 6) is -0.484. The molecule has 0 N–H and O–H groups in total. The van der Waals surface area contributed by atoms with Crippen LogP contribution in [-0.2, 0) is 16.1 Å². The van der Waals surface area contributed by atoms with Crippen LogP contribution in [0.1, 0.15) is 21.8 Å². The third-order valence-electron chi connectivity index (χ3n) is 2.46. The summed E-state index contributed by atoms with van der Waals surface area (Å²) in [6.45, 7) is 0.115. The lowest BCUT2D eigenvalue weighted by Gasteiger charge is -1.96. The van der Waals surface area contributed by atoms with E-state index in [0.29, 0.717) is 17.0 Å². The Kier molecular flexibility index (Phi) is 4.08. The lowest BCUT2D eigenvalue weighted by Crippen LogP contribution is -2.04. The summed E-state index contributed by atoms with van der Waals surface area (Å²) in [5.41, 5.74) is 1.17. The fourth-order valence-corrected chi connectivity index (χ4v) is 1.53. The molecule has 0 aliphatic rings. The van der Waals surface area contributed by atoms with Crippen molar-refractivity contribution in [3.8, 4) is 17.7 Å². The minimum Gasteiger partial charge on any atom is -0.463 e. The van der Waals surface area contributed by atoms with E-state index in [4.69, 9.17) is 14.4 Å². The Hall–Kier alpha value is -2.72. The molecule has 0 aromatic carbocycles. The molecule has 0 saturated heterocycles.